The lowest BCUT2D eigenvalue weighted by Gasteiger charge is -2.27. The van der Waals surface area contributed by atoms with Crippen molar-refractivity contribution >= 4 is 28.5 Å². The van der Waals surface area contributed by atoms with Gasteiger partial charge in [0.2, 0.25) is 0 Å². The monoisotopic (exact) mass is 325 g/mol. The lowest BCUT2D eigenvalue weighted by molar-refractivity contribution is 0.230. The largest absolute Gasteiger partial charge is 0.328 e. The van der Waals surface area contributed by atoms with E-state index in [0.717, 1.165) is 10.6 Å². The Labute approximate surface area is 130 Å². The van der Waals surface area contributed by atoms with Crippen LogP contribution >= 0.6 is 23.1 Å². The highest BCUT2D eigenvalue weighted by molar-refractivity contribution is 7.05. The average molecular weight is 326 g/mol. The molecular formula is C14H13ClFN3OS. The molecule has 0 bridgehead atoms. The van der Waals surface area contributed by atoms with E-state index < -0.39 is 10.8 Å². The second-order valence-electron chi connectivity index (χ2n) is 5.22. The number of nitrogens with zero attached hydrogens (tertiary/aromatic N) is 3. The molecule has 1 aromatic carbocycles. The van der Waals surface area contributed by atoms with Gasteiger partial charge >= 0.3 is 5.37 Å². The number of carbonyl (C=O) groups is 1. The summed E-state index contributed by atoms with van der Waals surface area (Å²) in [5, 5.41) is 0.292. The normalized spacial score (nSPS) is 21.8. The van der Waals surface area contributed by atoms with Crippen molar-refractivity contribution in [1.82, 2.24) is 14.3 Å². The molecule has 0 radical (unpaired) electrons. The van der Waals surface area contributed by atoms with Gasteiger partial charge in [-0.3, -0.25) is 4.79 Å². The standard InChI is InChI=1S/C14H13ClFN3OS/c1-9-2-3-10(6-11(9)16)14(12-17-8-18-21-12)4-5-19(7-14)13(15)20/h2-3,6,8H,4-5,7H2,1H3/t14-/m0/s1. The summed E-state index contributed by atoms with van der Waals surface area (Å²) < 4.78 is 18.0. The summed E-state index contributed by atoms with van der Waals surface area (Å²) in [5.74, 6) is -0.257. The van der Waals surface area contributed by atoms with Gasteiger partial charge in [-0.05, 0) is 53.7 Å². The molecule has 1 fully saturated rings. The van der Waals surface area contributed by atoms with E-state index in [1.165, 1.54) is 23.9 Å². The smallest absolute Gasteiger partial charge is 0.316 e. The van der Waals surface area contributed by atoms with E-state index >= 15 is 0 Å². The molecule has 0 unspecified atom stereocenters. The number of halogens is 2. The number of hydrogen-bond donors (Lipinski definition) is 0. The van der Waals surface area contributed by atoms with Crippen LogP contribution in [0.25, 0.3) is 0 Å². The second-order valence-corrected chi connectivity index (χ2v) is 6.32. The summed E-state index contributed by atoms with van der Waals surface area (Å²) in [7, 11) is 0. The summed E-state index contributed by atoms with van der Waals surface area (Å²) in [6.45, 7) is 2.64. The first-order valence-corrected chi connectivity index (χ1v) is 7.66. The molecule has 1 amide bonds. The molecule has 1 aromatic heterocycles. The third-order valence-electron chi connectivity index (χ3n) is 4.01. The minimum absolute atomic E-state index is 0.257. The van der Waals surface area contributed by atoms with E-state index in [-0.39, 0.29) is 5.82 Å². The molecule has 4 nitrogen and oxygen atoms in total. The number of carbonyl (C=O) groups excluding carboxylic acids is 1. The van der Waals surface area contributed by atoms with Gasteiger partial charge in [-0.15, -0.1) is 0 Å². The van der Waals surface area contributed by atoms with E-state index in [1.807, 2.05) is 6.07 Å². The second kappa shape index (κ2) is 5.35. The minimum atomic E-state index is -0.528. The zero-order chi connectivity index (χ0) is 15.0. The lowest BCUT2D eigenvalue weighted by Crippen LogP contribution is -2.33. The molecule has 1 saturated heterocycles. The summed E-state index contributed by atoms with van der Waals surface area (Å²) in [6.07, 6.45) is 2.14. The maximum atomic E-state index is 14.0. The quantitative estimate of drug-likeness (QED) is 0.628. The molecule has 1 aliphatic heterocycles. The van der Waals surface area contributed by atoms with Crippen LogP contribution in [0.5, 0.6) is 0 Å². The number of hydrogen-bond acceptors (Lipinski definition) is 4. The number of likely N-dealkylation sites (tertiary alicyclic amines) is 1. The van der Waals surface area contributed by atoms with Crippen molar-refractivity contribution < 1.29 is 9.18 Å². The Hall–Kier alpha value is -1.53. The van der Waals surface area contributed by atoms with Crippen molar-refractivity contribution in [2.24, 2.45) is 0 Å². The summed E-state index contributed by atoms with van der Waals surface area (Å²) >= 11 is 6.87. The number of aromatic nitrogens is 2. The van der Waals surface area contributed by atoms with Crippen LogP contribution in [-0.2, 0) is 5.41 Å². The molecule has 1 aliphatic rings. The van der Waals surface area contributed by atoms with Gasteiger partial charge in [0.15, 0.2) is 0 Å². The summed E-state index contributed by atoms with van der Waals surface area (Å²) in [5.41, 5.74) is 0.873. The van der Waals surface area contributed by atoms with Crippen LogP contribution in [0.2, 0.25) is 0 Å². The van der Waals surface area contributed by atoms with Crippen molar-refractivity contribution in [3.8, 4) is 0 Å². The van der Waals surface area contributed by atoms with Crippen molar-refractivity contribution in [2.45, 2.75) is 18.8 Å². The third kappa shape index (κ3) is 2.42. The van der Waals surface area contributed by atoms with E-state index in [9.17, 15) is 9.18 Å². The Bertz CT molecular complexity index is 679. The van der Waals surface area contributed by atoms with Gasteiger partial charge in [0.1, 0.15) is 17.2 Å². The van der Waals surface area contributed by atoms with Crippen LogP contribution in [0, 0.1) is 12.7 Å². The van der Waals surface area contributed by atoms with E-state index in [1.54, 1.807) is 17.9 Å². The third-order valence-corrected chi connectivity index (χ3v) is 5.12. The van der Waals surface area contributed by atoms with Crippen LogP contribution in [0.4, 0.5) is 9.18 Å². The van der Waals surface area contributed by atoms with Gasteiger partial charge in [-0.25, -0.2) is 9.37 Å². The van der Waals surface area contributed by atoms with Crippen molar-refractivity contribution in [1.29, 1.82) is 0 Å². The molecular weight excluding hydrogens is 313 g/mol. The Kier molecular flexibility index (Phi) is 3.67. The number of amides is 1. The van der Waals surface area contributed by atoms with Crippen molar-refractivity contribution in [3.05, 3.63) is 46.5 Å². The molecule has 0 N–H and O–H groups in total. The van der Waals surface area contributed by atoms with Gasteiger partial charge < -0.3 is 4.90 Å². The van der Waals surface area contributed by atoms with E-state index in [0.29, 0.717) is 25.1 Å². The highest BCUT2D eigenvalue weighted by Gasteiger charge is 2.45. The summed E-state index contributed by atoms with van der Waals surface area (Å²) in [6, 6.07) is 5.17. The fourth-order valence-electron chi connectivity index (χ4n) is 2.77. The summed E-state index contributed by atoms with van der Waals surface area (Å²) in [4.78, 5) is 17.3. The van der Waals surface area contributed by atoms with Crippen LogP contribution in [0.3, 0.4) is 0 Å². The van der Waals surface area contributed by atoms with Crippen molar-refractivity contribution in [3.63, 3.8) is 0 Å². The molecule has 110 valence electrons. The fraction of sp³-hybridized carbons (Fsp3) is 0.357. The van der Waals surface area contributed by atoms with E-state index in [4.69, 9.17) is 11.6 Å². The highest BCUT2D eigenvalue weighted by Crippen LogP contribution is 2.42. The predicted octanol–water partition coefficient (Wildman–Crippen LogP) is 3.34. The minimum Gasteiger partial charge on any atom is -0.328 e. The molecule has 0 spiro atoms. The first kappa shape index (κ1) is 14.4. The SMILES string of the molecule is Cc1ccc([C@]2(c3ncns3)CCN(C(=O)Cl)C2)cc1F. The fourth-order valence-corrected chi connectivity index (χ4v) is 3.66. The highest BCUT2D eigenvalue weighted by atomic mass is 35.5. The van der Waals surface area contributed by atoms with Gasteiger partial charge in [0, 0.05) is 13.1 Å². The van der Waals surface area contributed by atoms with Gasteiger partial charge in [0.25, 0.3) is 0 Å². The first-order chi connectivity index (χ1) is 10.0. The molecule has 0 saturated carbocycles. The van der Waals surface area contributed by atoms with Crippen LogP contribution < -0.4 is 0 Å². The maximum absolute atomic E-state index is 14.0. The first-order valence-electron chi connectivity index (χ1n) is 6.51. The topological polar surface area (TPSA) is 46.1 Å². The Morgan fingerprint density at radius 1 is 1.52 bits per heavy atom. The lowest BCUT2D eigenvalue weighted by atomic mass is 9.80. The average Bonchev–Trinajstić information content (AvgIpc) is 3.10. The number of rotatable bonds is 2. The molecule has 7 heteroatoms. The maximum Gasteiger partial charge on any atom is 0.316 e. The van der Waals surface area contributed by atoms with Gasteiger partial charge in [-0.2, -0.15) is 4.37 Å². The molecule has 1 atom stereocenters. The van der Waals surface area contributed by atoms with Crippen molar-refractivity contribution in [2.75, 3.05) is 13.1 Å². The zero-order valence-electron chi connectivity index (χ0n) is 11.3. The van der Waals surface area contributed by atoms with Crippen LogP contribution in [-0.4, -0.2) is 32.7 Å². The van der Waals surface area contributed by atoms with Gasteiger partial charge in [-0.1, -0.05) is 12.1 Å². The van der Waals surface area contributed by atoms with Crippen LogP contribution in [0.1, 0.15) is 22.6 Å². The number of benzene rings is 1. The molecule has 2 heterocycles. The molecule has 21 heavy (non-hydrogen) atoms. The molecule has 0 aliphatic carbocycles. The zero-order valence-corrected chi connectivity index (χ0v) is 12.9. The molecule has 3 rings (SSSR count). The number of aryl methyl sites for hydroxylation is 1. The van der Waals surface area contributed by atoms with Crippen LogP contribution in [0.15, 0.2) is 24.5 Å². The predicted molar refractivity (Wildman–Crippen MR) is 79.3 cm³/mol. The Morgan fingerprint density at radius 2 is 2.33 bits per heavy atom. The molecule has 2 aromatic rings. The Balaban J connectivity index is 2.09. The Morgan fingerprint density at radius 3 is 2.90 bits per heavy atom. The van der Waals surface area contributed by atoms with Gasteiger partial charge in [0.05, 0.1) is 5.41 Å². The van der Waals surface area contributed by atoms with E-state index in [2.05, 4.69) is 9.36 Å².